The van der Waals surface area contributed by atoms with Gasteiger partial charge in [-0.25, -0.2) is 19.7 Å². The molecule has 2 atom stereocenters. The summed E-state index contributed by atoms with van der Waals surface area (Å²) in [7, 11) is 4.12. The van der Waals surface area contributed by atoms with Gasteiger partial charge in [0.15, 0.2) is 5.69 Å². The summed E-state index contributed by atoms with van der Waals surface area (Å²) in [5, 5.41) is 0.562. The second-order valence-electron chi connectivity index (χ2n) is 7.06. The van der Waals surface area contributed by atoms with Gasteiger partial charge in [-0.3, -0.25) is 9.36 Å². The van der Waals surface area contributed by atoms with Crippen molar-refractivity contribution in [3.05, 3.63) is 80.5 Å². The Balaban J connectivity index is 2.25. The molecule has 0 aliphatic heterocycles. The van der Waals surface area contributed by atoms with E-state index in [0.29, 0.717) is 16.7 Å². The van der Waals surface area contributed by atoms with E-state index in [4.69, 9.17) is 21.1 Å². The number of aryl methyl sites for hydroxylation is 1. The van der Waals surface area contributed by atoms with Gasteiger partial charge in [-0.1, -0.05) is 36.7 Å². The molecule has 0 radical (unpaired) electrons. The van der Waals surface area contributed by atoms with Crippen molar-refractivity contribution in [3.63, 3.8) is 0 Å². The number of aromatic nitrogens is 4. The van der Waals surface area contributed by atoms with Gasteiger partial charge in [-0.05, 0) is 24.1 Å². The van der Waals surface area contributed by atoms with Crippen LogP contribution in [0, 0.1) is 6.92 Å². The molecule has 162 valence electrons. The van der Waals surface area contributed by atoms with E-state index >= 15 is 0 Å². The van der Waals surface area contributed by atoms with E-state index in [0.717, 1.165) is 11.1 Å². The first-order chi connectivity index (χ1) is 14.8. The van der Waals surface area contributed by atoms with Crippen LogP contribution in [0.4, 0.5) is 0 Å². The average molecular weight is 443 g/mol. The summed E-state index contributed by atoms with van der Waals surface area (Å²) >= 11 is 6.53. The van der Waals surface area contributed by atoms with Gasteiger partial charge >= 0.3 is 5.97 Å². The molecule has 0 bridgehead atoms. The number of nitrogens with zero attached hydrogens (tertiary/aromatic N) is 4. The maximum Gasteiger partial charge on any atom is 0.360 e. The summed E-state index contributed by atoms with van der Waals surface area (Å²) in [6.45, 7) is 3.71. The van der Waals surface area contributed by atoms with E-state index in [1.165, 1.54) is 18.8 Å². The summed E-state index contributed by atoms with van der Waals surface area (Å²) in [6.07, 6.45) is 3.46. The predicted molar refractivity (Wildman–Crippen MR) is 116 cm³/mol. The fourth-order valence-electron chi connectivity index (χ4n) is 3.60. The molecule has 2 aromatic heterocycles. The average Bonchev–Trinajstić information content (AvgIpc) is 2.77. The lowest BCUT2D eigenvalue weighted by Crippen LogP contribution is -2.30. The molecular weight excluding hydrogens is 420 g/mol. The van der Waals surface area contributed by atoms with Gasteiger partial charge in [-0.2, -0.15) is 0 Å². The van der Waals surface area contributed by atoms with Crippen molar-refractivity contribution in [1.29, 1.82) is 0 Å². The van der Waals surface area contributed by atoms with Crippen molar-refractivity contribution in [2.24, 2.45) is 7.05 Å². The molecule has 0 saturated carbocycles. The Kier molecular flexibility index (Phi) is 6.70. The molecule has 3 rings (SSSR count). The largest absolute Gasteiger partial charge is 0.489 e. The first kappa shape index (κ1) is 22.4. The van der Waals surface area contributed by atoms with Crippen LogP contribution in [0.2, 0.25) is 5.02 Å². The Morgan fingerprint density at radius 2 is 1.81 bits per heavy atom. The molecule has 0 fully saturated rings. The van der Waals surface area contributed by atoms with Crippen LogP contribution in [0.3, 0.4) is 0 Å². The summed E-state index contributed by atoms with van der Waals surface area (Å²) < 4.78 is 11.3. The summed E-state index contributed by atoms with van der Waals surface area (Å²) in [5.74, 6) is -0.618. The third-order valence-electron chi connectivity index (χ3n) is 5.17. The fraction of sp³-hybridized carbons (Fsp3) is 0.318. The molecule has 9 heteroatoms. The fourth-order valence-corrected chi connectivity index (χ4v) is 3.85. The van der Waals surface area contributed by atoms with Gasteiger partial charge in [0.25, 0.3) is 5.56 Å². The highest BCUT2D eigenvalue weighted by molar-refractivity contribution is 6.31. The van der Waals surface area contributed by atoms with E-state index in [-0.39, 0.29) is 23.3 Å². The molecule has 0 saturated heterocycles. The second-order valence-corrected chi connectivity index (χ2v) is 7.47. The summed E-state index contributed by atoms with van der Waals surface area (Å²) in [6, 6.07) is 7.44. The highest BCUT2D eigenvalue weighted by atomic mass is 35.5. The maximum atomic E-state index is 12.9. The van der Waals surface area contributed by atoms with E-state index in [1.807, 2.05) is 25.1 Å². The van der Waals surface area contributed by atoms with Gasteiger partial charge in [0.2, 0.25) is 5.75 Å². The minimum atomic E-state index is -0.754. The quantitative estimate of drug-likeness (QED) is 0.540. The van der Waals surface area contributed by atoms with Crippen molar-refractivity contribution in [3.8, 4) is 5.75 Å². The first-order valence-electron chi connectivity index (χ1n) is 9.56. The molecule has 2 heterocycles. The zero-order valence-electron chi connectivity index (χ0n) is 17.9. The number of benzene rings is 1. The van der Waals surface area contributed by atoms with Crippen molar-refractivity contribution in [2.45, 2.75) is 25.7 Å². The lowest BCUT2D eigenvalue weighted by atomic mass is 9.82. The molecule has 0 N–H and O–H groups in total. The first-order valence-corrected chi connectivity index (χ1v) is 9.94. The second kappa shape index (κ2) is 9.26. The van der Waals surface area contributed by atoms with Gasteiger partial charge < -0.3 is 9.47 Å². The van der Waals surface area contributed by atoms with E-state index < -0.39 is 11.5 Å². The topological polar surface area (TPSA) is 96.2 Å². The highest BCUT2D eigenvalue weighted by Gasteiger charge is 2.31. The number of methoxy groups -OCH3 is 2. The van der Waals surface area contributed by atoms with E-state index in [2.05, 4.69) is 15.0 Å². The number of halogens is 1. The SMILES string of the molecule is COC(=O)c1nc(C(C)[C@@H](c2cnc(C)nc2)c2ccccc2Cl)n(C)c(=O)c1OC. The Hall–Kier alpha value is -3.26. The van der Waals surface area contributed by atoms with Crippen molar-refractivity contribution >= 4 is 17.6 Å². The van der Waals surface area contributed by atoms with Crippen LogP contribution < -0.4 is 10.3 Å². The van der Waals surface area contributed by atoms with Gasteiger partial charge in [0.1, 0.15) is 11.6 Å². The van der Waals surface area contributed by atoms with E-state index in [9.17, 15) is 9.59 Å². The molecule has 3 aromatic rings. The number of hydrogen-bond donors (Lipinski definition) is 0. The highest BCUT2D eigenvalue weighted by Crippen LogP contribution is 2.40. The summed E-state index contributed by atoms with van der Waals surface area (Å²) in [5.41, 5.74) is 0.968. The van der Waals surface area contributed by atoms with Crippen LogP contribution in [-0.4, -0.2) is 39.7 Å². The minimum absolute atomic E-state index is 0.168. The van der Waals surface area contributed by atoms with Crippen molar-refractivity contribution in [1.82, 2.24) is 19.5 Å². The maximum absolute atomic E-state index is 12.9. The number of carbonyl (C=O) groups is 1. The Morgan fingerprint density at radius 3 is 2.39 bits per heavy atom. The molecule has 31 heavy (non-hydrogen) atoms. The lowest BCUT2D eigenvalue weighted by molar-refractivity contribution is 0.0588. The van der Waals surface area contributed by atoms with Crippen molar-refractivity contribution in [2.75, 3.05) is 14.2 Å². The number of carbonyl (C=O) groups excluding carboxylic acids is 1. The zero-order valence-corrected chi connectivity index (χ0v) is 18.7. The molecule has 8 nitrogen and oxygen atoms in total. The van der Waals surface area contributed by atoms with Crippen LogP contribution in [0.1, 0.15) is 52.0 Å². The van der Waals surface area contributed by atoms with Crippen LogP contribution >= 0.6 is 11.6 Å². The van der Waals surface area contributed by atoms with Crippen LogP contribution in [0.25, 0.3) is 0 Å². The number of esters is 1. The lowest BCUT2D eigenvalue weighted by Gasteiger charge is -2.27. The van der Waals surface area contributed by atoms with Crippen molar-refractivity contribution < 1.29 is 14.3 Å². The Bertz CT molecular complexity index is 1160. The van der Waals surface area contributed by atoms with Gasteiger partial charge in [0, 0.05) is 36.3 Å². The minimum Gasteiger partial charge on any atom is -0.489 e. The Labute approximate surface area is 184 Å². The smallest absolute Gasteiger partial charge is 0.360 e. The zero-order chi connectivity index (χ0) is 22.7. The normalized spacial score (nSPS) is 12.8. The summed E-state index contributed by atoms with van der Waals surface area (Å²) in [4.78, 5) is 38.3. The van der Waals surface area contributed by atoms with E-state index in [1.54, 1.807) is 32.4 Å². The Morgan fingerprint density at radius 1 is 1.16 bits per heavy atom. The standard InChI is InChI=1S/C22H23ClN4O4/c1-12(20-26-18(22(29)31-5)19(30-4)21(28)27(20)3)17(14-10-24-13(2)25-11-14)15-8-6-7-9-16(15)23/h6-12,17H,1-5H3/t12?,17-/m0/s1. The number of rotatable bonds is 6. The molecule has 0 aliphatic carbocycles. The third-order valence-corrected chi connectivity index (χ3v) is 5.52. The molecular formula is C22H23ClN4O4. The van der Waals surface area contributed by atoms with Crippen LogP contribution in [0.5, 0.6) is 5.75 Å². The molecule has 1 aromatic carbocycles. The molecule has 0 spiro atoms. The molecule has 0 aliphatic rings. The van der Waals surface area contributed by atoms with Gasteiger partial charge in [0.05, 0.1) is 14.2 Å². The van der Waals surface area contributed by atoms with Crippen LogP contribution in [-0.2, 0) is 11.8 Å². The third kappa shape index (κ3) is 4.29. The molecule has 0 amide bonds. The monoisotopic (exact) mass is 442 g/mol. The predicted octanol–water partition coefficient (Wildman–Crippen LogP) is 3.26. The number of ether oxygens (including phenoxy) is 2. The van der Waals surface area contributed by atoms with Gasteiger partial charge in [-0.15, -0.1) is 0 Å². The van der Waals surface area contributed by atoms with Crippen LogP contribution in [0.15, 0.2) is 41.5 Å². The molecule has 1 unspecified atom stereocenters. The number of hydrogen-bond acceptors (Lipinski definition) is 7.